The summed E-state index contributed by atoms with van der Waals surface area (Å²) < 4.78 is 5.47. The maximum atomic E-state index is 12.2. The van der Waals surface area contributed by atoms with Crippen LogP contribution < -0.4 is 0 Å². The van der Waals surface area contributed by atoms with Gasteiger partial charge in [-0.2, -0.15) is 0 Å². The fraction of sp³-hybridized carbons (Fsp3) is 0.962. The molecule has 1 unspecified atom stereocenters. The molecule has 0 bridgehead atoms. The van der Waals surface area contributed by atoms with E-state index >= 15 is 0 Å². The lowest BCUT2D eigenvalue weighted by molar-refractivity contribution is -0.149. The van der Waals surface area contributed by atoms with Crippen molar-refractivity contribution in [2.75, 3.05) is 6.61 Å². The number of carbonyl (C=O) groups is 1. The monoisotopic (exact) mass is 396 g/mol. The first kappa shape index (κ1) is 27.5. The van der Waals surface area contributed by atoms with Gasteiger partial charge in [0.25, 0.3) is 0 Å². The molecule has 0 fully saturated rings. The number of unbranched alkanes of at least 4 members (excludes halogenated alkanes) is 13. The van der Waals surface area contributed by atoms with E-state index in [2.05, 4.69) is 27.7 Å². The third kappa shape index (κ3) is 18.8. The normalized spacial score (nSPS) is 12.5. The van der Waals surface area contributed by atoms with E-state index in [-0.39, 0.29) is 11.9 Å². The van der Waals surface area contributed by atoms with Gasteiger partial charge in [-0.1, -0.05) is 124 Å². The van der Waals surface area contributed by atoms with Crippen LogP contribution in [0.4, 0.5) is 0 Å². The molecular formula is C26H52O2. The van der Waals surface area contributed by atoms with E-state index in [1.165, 1.54) is 96.3 Å². The van der Waals surface area contributed by atoms with Gasteiger partial charge in [-0.25, -0.2) is 0 Å². The van der Waals surface area contributed by atoms with Crippen LogP contribution in [-0.2, 0) is 9.53 Å². The second-order valence-electron chi connectivity index (χ2n) is 9.19. The first-order valence-electron chi connectivity index (χ1n) is 12.8. The largest absolute Gasteiger partial charge is 0.465 e. The van der Waals surface area contributed by atoms with Crippen LogP contribution in [0.2, 0.25) is 0 Å². The average molecular weight is 397 g/mol. The van der Waals surface area contributed by atoms with Gasteiger partial charge < -0.3 is 4.74 Å². The van der Waals surface area contributed by atoms with E-state index in [4.69, 9.17) is 4.74 Å². The van der Waals surface area contributed by atoms with Crippen LogP contribution in [0, 0.1) is 11.8 Å². The molecule has 0 rings (SSSR count). The highest BCUT2D eigenvalue weighted by molar-refractivity contribution is 5.72. The Kier molecular flexibility index (Phi) is 20.8. The number of hydrogen-bond acceptors (Lipinski definition) is 2. The summed E-state index contributed by atoms with van der Waals surface area (Å²) in [5.41, 5.74) is 0. The molecule has 0 radical (unpaired) electrons. The van der Waals surface area contributed by atoms with Gasteiger partial charge in [0.2, 0.25) is 0 Å². The van der Waals surface area contributed by atoms with Gasteiger partial charge in [0, 0.05) is 0 Å². The van der Waals surface area contributed by atoms with E-state index in [1.807, 2.05) is 0 Å². The van der Waals surface area contributed by atoms with Gasteiger partial charge in [0.15, 0.2) is 0 Å². The molecule has 168 valence electrons. The predicted octanol–water partition coefficient (Wildman–Crippen LogP) is 8.86. The van der Waals surface area contributed by atoms with Crippen LogP contribution in [0.1, 0.15) is 143 Å². The number of hydrogen-bond donors (Lipinski definition) is 0. The highest BCUT2D eigenvalue weighted by Gasteiger charge is 2.17. The van der Waals surface area contributed by atoms with E-state index in [1.54, 1.807) is 0 Å². The van der Waals surface area contributed by atoms with Gasteiger partial charge in [-0.3, -0.25) is 4.79 Å². The molecule has 0 N–H and O–H groups in total. The van der Waals surface area contributed by atoms with Crippen molar-refractivity contribution in [1.82, 2.24) is 0 Å². The number of carbonyl (C=O) groups excluding carboxylic acids is 1. The highest BCUT2D eigenvalue weighted by atomic mass is 16.5. The Bertz CT molecular complexity index is 324. The molecular weight excluding hydrogens is 344 g/mol. The standard InChI is InChI=1S/C26H52O2/c1-5-7-8-20-23-28-26(27)25(6-2)22-19-17-15-13-11-9-10-12-14-16-18-21-24(3)4/h24-25H,5-23H2,1-4H3. The van der Waals surface area contributed by atoms with Crippen LogP contribution in [0.5, 0.6) is 0 Å². The predicted molar refractivity (Wildman–Crippen MR) is 124 cm³/mol. The van der Waals surface area contributed by atoms with E-state index in [0.29, 0.717) is 6.61 Å². The van der Waals surface area contributed by atoms with Crippen molar-refractivity contribution in [3.63, 3.8) is 0 Å². The molecule has 0 aromatic heterocycles. The Morgan fingerprint density at radius 3 is 1.57 bits per heavy atom. The minimum absolute atomic E-state index is 0.0485. The molecule has 2 nitrogen and oxygen atoms in total. The Hall–Kier alpha value is -0.530. The third-order valence-corrected chi connectivity index (χ3v) is 5.90. The molecule has 0 saturated heterocycles. The third-order valence-electron chi connectivity index (χ3n) is 5.90. The number of rotatable bonds is 21. The summed E-state index contributed by atoms with van der Waals surface area (Å²) in [6, 6.07) is 0. The molecule has 0 amide bonds. The average Bonchev–Trinajstić information content (AvgIpc) is 2.67. The van der Waals surface area contributed by atoms with Gasteiger partial charge in [0.1, 0.15) is 0 Å². The Labute approximate surface area is 177 Å². The minimum atomic E-state index is 0.0485. The highest BCUT2D eigenvalue weighted by Crippen LogP contribution is 2.18. The van der Waals surface area contributed by atoms with Crippen LogP contribution in [0.15, 0.2) is 0 Å². The molecule has 0 aliphatic carbocycles. The van der Waals surface area contributed by atoms with Crippen molar-refractivity contribution < 1.29 is 9.53 Å². The van der Waals surface area contributed by atoms with Crippen LogP contribution in [0.3, 0.4) is 0 Å². The van der Waals surface area contributed by atoms with Crippen molar-refractivity contribution in [3.8, 4) is 0 Å². The molecule has 0 aliphatic heterocycles. The van der Waals surface area contributed by atoms with Crippen LogP contribution in [0.25, 0.3) is 0 Å². The van der Waals surface area contributed by atoms with Crippen molar-refractivity contribution in [2.24, 2.45) is 11.8 Å². The second-order valence-corrected chi connectivity index (χ2v) is 9.19. The fourth-order valence-corrected chi connectivity index (χ4v) is 3.84. The molecule has 0 aromatic carbocycles. The van der Waals surface area contributed by atoms with E-state index in [9.17, 15) is 4.79 Å². The summed E-state index contributed by atoms with van der Waals surface area (Å²) in [5, 5.41) is 0. The molecule has 0 saturated carbocycles. The first-order valence-corrected chi connectivity index (χ1v) is 12.8. The van der Waals surface area contributed by atoms with Crippen LogP contribution in [-0.4, -0.2) is 12.6 Å². The topological polar surface area (TPSA) is 26.3 Å². The van der Waals surface area contributed by atoms with Gasteiger partial charge in [-0.15, -0.1) is 0 Å². The zero-order valence-electron chi connectivity index (χ0n) is 19.9. The Morgan fingerprint density at radius 1 is 0.643 bits per heavy atom. The minimum Gasteiger partial charge on any atom is -0.465 e. The van der Waals surface area contributed by atoms with Gasteiger partial charge in [-0.05, 0) is 25.2 Å². The summed E-state index contributed by atoms with van der Waals surface area (Å²) >= 11 is 0. The summed E-state index contributed by atoms with van der Waals surface area (Å²) in [6.07, 6.45) is 23.1. The summed E-state index contributed by atoms with van der Waals surface area (Å²) in [4.78, 5) is 12.2. The van der Waals surface area contributed by atoms with Gasteiger partial charge in [0.05, 0.1) is 12.5 Å². The van der Waals surface area contributed by atoms with E-state index in [0.717, 1.165) is 25.2 Å². The summed E-state index contributed by atoms with van der Waals surface area (Å²) in [5.74, 6) is 1.04. The zero-order chi connectivity index (χ0) is 20.9. The second kappa shape index (κ2) is 21.2. The van der Waals surface area contributed by atoms with Crippen molar-refractivity contribution >= 4 is 5.97 Å². The molecule has 2 heteroatoms. The number of esters is 1. The van der Waals surface area contributed by atoms with E-state index < -0.39 is 0 Å². The SMILES string of the molecule is CCCCCCOC(=O)C(CC)CCCCCCCCCCCCCC(C)C. The lowest BCUT2D eigenvalue weighted by Gasteiger charge is -2.14. The quantitative estimate of drug-likeness (QED) is 0.143. The lowest BCUT2D eigenvalue weighted by Crippen LogP contribution is -2.17. The first-order chi connectivity index (χ1) is 13.6. The molecule has 0 aromatic rings. The zero-order valence-corrected chi connectivity index (χ0v) is 19.9. The maximum Gasteiger partial charge on any atom is 0.308 e. The Balaban J connectivity index is 3.41. The smallest absolute Gasteiger partial charge is 0.308 e. The van der Waals surface area contributed by atoms with Crippen molar-refractivity contribution in [1.29, 1.82) is 0 Å². The molecule has 0 heterocycles. The summed E-state index contributed by atoms with van der Waals surface area (Å²) in [7, 11) is 0. The molecule has 0 aliphatic rings. The van der Waals surface area contributed by atoms with Crippen molar-refractivity contribution in [2.45, 2.75) is 143 Å². The van der Waals surface area contributed by atoms with Gasteiger partial charge >= 0.3 is 5.97 Å². The Morgan fingerprint density at radius 2 is 1.11 bits per heavy atom. The molecule has 0 spiro atoms. The summed E-state index contributed by atoms with van der Waals surface area (Å²) in [6.45, 7) is 9.58. The molecule has 28 heavy (non-hydrogen) atoms. The van der Waals surface area contributed by atoms with Crippen LogP contribution >= 0.6 is 0 Å². The van der Waals surface area contributed by atoms with Crippen molar-refractivity contribution in [3.05, 3.63) is 0 Å². The lowest BCUT2D eigenvalue weighted by atomic mass is 9.97. The fourth-order valence-electron chi connectivity index (χ4n) is 3.84. The maximum absolute atomic E-state index is 12.2. The molecule has 1 atom stereocenters. The number of ether oxygens (including phenoxy) is 1.